The summed E-state index contributed by atoms with van der Waals surface area (Å²) in [5, 5.41) is 19.1. The molecular formula is C10H13ClO2. The van der Waals surface area contributed by atoms with E-state index in [0.29, 0.717) is 5.56 Å². The first-order chi connectivity index (χ1) is 5.84. The minimum absolute atomic E-state index is 0.00407. The molecule has 0 saturated carbocycles. The van der Waals surface area contributed by atoms with Gasteiger partial charge >= 0.3 is 0 Å². The van der Waals surface area contributed by atoms with Crippen LogP contribution in [0.2, 0.25) is 5.02 Å². The van der Waals surface area contributed by atoms with Crippen LogP contribution in [0.25, 0.3) is 0 Å². The van der Waals surface area contributed by atoms with Gasteiger partial charge in [-0.1, -0.05) is 32.4 Å². The van der Waals surface area contributed by atoms with Crippen LogP contribution in [0, 0.1) is 0 Å². The van der Waals surface area contributed by atoms with E-state index in [1.54, 1.807) is 0 Å². The SMILES string of the molecule is CC(C)(C)c1c(O)ccc(O)c1Cl. The molecule has 0 aliphatic carbocycles. The zero-order chi connectivity index (χ0) is 10.2. The Morgan fingerprint density at radius 3 is 1.92 bits per heavy atom. The van der Waals surface area contributed by atoms with Gasteiger partial charge < -0.3 is 10.2 Å². The highest BCUT2D eigenvalue weighted by molar-refractivity contribution is 6.33. The minimum atomic E-state index is -0.278. The molecule has 2 nitrogen and oxygen atoms in total. The number of rotatable bonds is 0. The normalized spacial score (nSPS) is 11.7. The summed E-state index contributed by atoms with van der Waals surface area (Å²) in [6.45, 7) is 5.77. The lowest BCUT2D eigenvalue weighted by molar-refractivity contribution is 0.435. The summed E-state index contributed by atoms with van der Waals surface area (Å²) in [7, 11) is 0. The number of aromatic hydroxyl groups is 2. The van der Waals surface area contributed by atoms with Gasteiger partial charge in [-0.15, -0.1) is 0 Å². The second-order valence-electron chi connectivity index (χ2n) is 4.04. The Balaban J connectivity index is 3.43. The molecule has 13 heavy (non-hydrogen) atoms. The summed E-state index contributed by atoms with van der Waals surface area (Å²) >= 11 is 5.87. The van der Waals surface area contributed by atoms with Crippen LogP contribution < -0.4 is 0 Å². The van der Waals surface area contributed by atoms with Crippen LogP contribution in [0.15, 0.2) is 12.1 Å². The van der Waals surface area contributed by atoms with E-state index in [4.69, 9.17) is 11.6 Å². The summed E-state index contributed by atoms with van der Waals surface area (Å²) in [6.07, 6.45) is 0. The lowest BCUT2D eigenvalue weighted by Crippen LogP contribution is -2.12. The molecule has 0 heterocycles. The third kappa shape index (κ3) is 1.89. The number of benzene rings is 1. The molecule has 0 atom stereocenters. The molecule has 0 aromatic heterocycles. The smallest absolute Gasteiger partial charge is 0.134 e. The maximum atomic E-state index is 9.56. The molecule has 3 heteroatoms. The highest BCUT2D eigenvalue weighted by Gasteiger charge is 2.23. The van der Waals surface area contributed by atoms with Crippen molar-refractivity contribution >= 4 is 11.6 Å². The monoisotopic (exact) mass is 200 g/mol. The Morgan fingerprint density at radius 2 is 1.54 bits per heavy atom. The largest absolute Gasteiger partial charge is 0.508 e. The second kappa shape index (κ2) is 3.11. The molecule has 2 N–H and O–H groups in total. The molecule has 0 aliphatic rings. The van der Waals surface area contributed by atoms with Crippen molar-refractivity contribution in [2.45, 2.75) is 26.2 Å². The number of hydrogen-bond acceptors (Lipinski definition) is 2. The van der Waals surface area contributed by atoms with Gasteiger partial charge in [0, 0.05) is 5.56 Å². The van der Waals surface area contributed by atoms with Gasteiger partial charge in [0.15, 0.2) is 0 Å². The Labute approximate surface area is 82.8 Å². The molecule has 1 aromatic rings. The van der Waals surface area contributed by atoms with E-state index in [1.165, 1.54) is 12.1 Å². The molecule has 0 radical (unpaired) electrons. The van der Waals surface area contributed by atoms with Gasteiger partial charge in [-0.05, 0) is 17.5 Å². The Hall–Kier alpha value is -0.890. The van der Waals surface area contributed by atoms with Crippen molar-refractivity contribution in [1.29, 1.82) is 0 Å². The van der Waals surface area contributed by atoms with Gasteiger partial charge in [0.1, 0.15) is 11.5 Å². The Bertz CT molecular complexity index is 326. The minimum Gasteiger partial charge on any atom is -0.508 e. The van der Waals surface area contributed by atoms with Gasteiger partial charge in [-0.3, -0.25) is 0 Å². The first kappa shape index (κ1) is 10.2. The Morgan fingerprint density at radius 1 is 1.08 bits per heavy atom. The predicted molar refractivity (Wildman–Crippen MR) is 53.5 cm³/mol. The van der Waals surface area contributed by atoms with Crippen molar-refractivity contribution in [3.63, 3.8) is 0 Å². The third-order valence-electron chi connectivity index (χ3n) is 1.85. The summed E-state index contributed by atoms with van der Waals surface area (Å²) in [5.74, 6) is 0.125. The molecule has 1 aromatic carbocycles. The van der Waals surface area contributed by atoms with Gasteiger partial charge in [-0.25, -0.2) is 0 Å². The predicted octanol–water partition coefficient (Wildman–Crippen LogP) is 3.05. The van der Waals surface area contributed by atoms with Crippen LogP contribution in [-0.4, -0.2) is 10.2 Å². The van der Waals surface area contributed by atoms with Crippen molar-refractivity contribution in [3.05, 3.63) is 22.7 Å². The molecular weight excluding hydrogens is 188 g/mol. The number of phenols is 2. The molecule has 0 spiro atoms. The van der Waals surface area contributed by atoms with Crippen molar-refractivity contribution in [2.75, 3.05) is 0 Å². The highest BCUT2D eigenvalue weighted by atomic mass is 35.5. The topological polar surface area (TPSA) is 40.5 Å². The second-order valence-corrected chi connectivity index (χ2v) is 4.42. The highest BCUT2D eigenvalue weighted by Crippen LogP contribution is 2.40. The number of hydrogen-bond donors (Lipinski definition) is 2. The Kier molecular flexibility index (Phi) is 2.44. The van der Waals surface area contributed by atoms with Crippen molar-refractivity contribution in [1.82, 2.24) is 0 Å². The first-order valence-corrected chi connectivity index (χ1v) is 4.42. The summed E-state index contributed by atoms with van der Waals surface area (Å²) in [4.78, 5) is 0. The van der Waals surface area contributed by atoms with Crippen molar-refractivity contribution < 1.29 is 10.2 Å². The first-order valence-electron chi connectivity index (χ1n) is 4.05. The molecule has 0 amide bonds. The fourth-order valence-corrected chi connectivity index (χ4v) is 1.71. The zero-order valence-corrected chi connectivity index (χ0v) is 8.68. The van der Waals surface area contributed by atoms with Crippen molar-refractivity contribution in [2.24, 2.45) is 0 Å². The molecule has 0 aliphatic heterocycles. The van der Waals surface area contributed by atoms with E-state index in [1.807, 2.05) is 20.8 Å². The fraction of sp³-hybridized carbons (Fsp3) is 0.400. The standard InChI is InChI=1S/C10H13ClO2/c1-10(2,3)8-6(12)4-5-7(13)9(8)11/h4-5,12-13H,1-3H3. The third-order valence-corrected chi connectivity index (χ3v) is 2.23. The van der Waals surface area contributed by atoms with E-state index in [2.05, 4.69) is 0 Å². The lowest BCUT2D eigenvalue weighted by atomic mass is 9.86. The number of halogens is 1. The van der Waals surface area contributed by atoms with Gasteiger partial charge in [0.2, 0.25) is 0 Å². The molecule has 1 rings (SSSR count). The van der Waals surface area contributed by atoms with Gasteiger partial charge in [0.05, 0.1) is 5.02 Å². The zero-order valence-electron chi connectivity index (χ0n) is 7.93. The molecule has 0 fully saturated rings. The maximum Gasteiger partial charge on any atom is 0.134 e. The van der Waals surface area contributed by atoms with Gasteiger partial charge in [-0.2, -0.15) is 0 Å². The van der Waals surface area contributed by atoms with Gasteiger partial charge in [0.25, 0.3) is 0 Å². The summed E-state index contributed by atoms with van der Waals surface area (Å²) < 4.78 is 0. The molecule has 0 unspecified atom stereocenters. The lowest BCUT2D eigenvalue weighted by Gasteiger charge is -2.22. The van der Waals surface area contributed by atoms with E-state index >= 15 is 0 Å². The average Bonchev–Trinajstić information content (AvgIpc) is 1.95. The van der Waals surface area contributed by atoms with E-state index in [0.717, 1.165) is 0 Å². The van der Waals surface area contributed by atoms with E-state index in [9.17, 15) is 10.2 Å². The van der Waals surface area contributed by atoms with Crippen LogP contribution in [0.4, 0.5) is 0 Å². The molecule has 0 bridgehead atoms. The molecule has 0 saturated heterocycles. The van der Waals surface area contributed by atoms with Crippen LogP contribution in [0.1, 0.15) is 26.3 Å². The molecule has 72 valence electrons. The van der Waals surface area contributed by atoms with E-state index in [-0.39, 0.29) is 21.9 Å². The average molecular weight is 201 g/mol. The van der Waals surface area contributed by atoms with Crippen LogP contribution in [-0.2, 0) is 5.41 Å². The van der Waals surface area contributed by atoms with Crippen LogP contribution in [0.3, 0.4) is 0 Å². The summed E-state index contributed by atoms with van der Waals surface area (Å²) in [6, 6.07) is 2.83. The van der Waals surface area contributed by atoms with Crippen molar-refractivity contribution in [3.8, 4) is 11.5 Å². The summed E-state index contributed by atoms with van der Waals surface area (Å²) in [5.41, 5.74) is 0.300. The van der Waals surface area contributed by atoms with Crippen LogP contribution in [0.5, 0.6) is 11.5 Å². The van der Waals surface area contributed by atoms with E-state index < -0.39 is 0 Å². The quantitative estimate of drug-likeness (QED) is 0.632. The fourth-order valence-electron chi connectivity index (χ4n) is 1.27. The van der Waals surface area contributed by atoms with Crippen LogP contribution >= 0.6 is 11.6 Å². The number of phenolic OH excluding ortho intramolecular Hbond substituents is 2. The maximum absolute atomic E-state index is 9.56.